The van der Waals surface area contributed by atoms with Gasteiger partial charge in [-0.25, -0.2) is 10.2 Å². The van der Waals surface area contributed by atoms with E-state index in [9.17, 15) is 4.79 Å². The monoisotopic (exact) mass is 186 g/mol. The zero-order valence-electron chi connectivity index (χ0n) is 8.76. The van der Waals surface area contributed by atoms with Gasteiger partial charge in [0.2, 0.25) is 0 Å². The Morgan fingerprint density at radius 1 is 1.62 bits per heavy atom. The van der Waals surface area contributed by atoms with Crippen LogP contribution >= 0.6 is 0 Å². The summed E-state index contributed by atoms with van der Waals surface area (Å²) in [5.41, 5.74) is 2.06. The normalized spacial score (nSPS) is 10.5. The van der Waals surface area contributed by atoms with Gasteiger partial charge in [0.15, 0.2) is 0 Å². The topological polar surface area (TPSA) is 41.6 Å². The highest BCUT2D eigenvalue weighted by atomic mass is 16.6. The highest BCUT2D eigenvalue weighted by molar-refractivity contribution is 5.67. The van der Waals surface area contributed by atoms with E-state index in [0.717, 1.165) is 0 Å². The van der Waals surface area contributed by atoms with Crippen LogP contribution in [-0.4, -0.2) is 23.2 Å². The first-order valence-corrected chi connectivity index (χ1v) is 4.28. The van der Waals surface area contributed by atoms with Crippen molar-refractivity contribution in [2.75, 3.05) is 6.54 Å². The predicted molar refractivity (Wildman–Crippen MR) is 51.9 cm³/mol. The standard InChI is InChI=1S/C9H18N2O2/c1-6-11(7-2)10-8(12)13-9(3,4)5/h6H,1,7H2,2-5H3,(H,10,12). The first-order valence-electron chi connectivity index (χ1n) is 4.28. The van der Waals surface area contributed by atoms with Crippen LogP contribution in [0.4, 0.5) is 4.79 Å². The Morgan fingerprint density at radius 3 is 2.46 bits per heavy atom. The van der Waals surface area contributed by atoms with Crippen molar-refractivity contribution in [2.24, 2.45) is 0 Å². The predicted octanol–water partition coefficient (Wildman–Crippen LogP) is 1.89. The maximum atomic E-state index is 11.2. The van der Waals surface area contributed by atoms with Gasteiger partial charge in [-0.2, -0.15) is 0 Å². The van der Waals surface area contributed by atoms with E-state index < -0.39 is 11.7 Å². The number of nitrogens with zero attached hydrogens (tertiary/aromatic N) is 1. The van der Waals surface area contributed by atoms with Gasteiger partial charge in [-0.3, -0.25) is 5.01 Å². The minimum atomic E-state index is -0.468. The molecular formula is C9H18N2O2. The first kappa shape index (κ1) is 11.8. The van der Waals surface area contributed by atoms with Crippen LogP contribution in [0.1, 0.15) is 27.7 Å². The average molecular weight is 186 g/mol. The summed E-state index contributed by atoms with van der Waals surface area (Å²) in [5.74, 6) is 0. The molecule has 0 bridgehead atoms. The minimum Gasteiger partial charge on any atom is -0.443 e. The number of carbonyl (C=O) groups is 1. The van der Waals surface area contributed by atoms with Crippen molar-refractivity contribution < 1.29 is 9.53 Å². The highest BCUT2D eigenvalue weighted by Gasteiger charge is 2.16. The molecule has 0 spiro atoms. The molecule has 13 heavy (non-hydrogen) atoms. The average Bonchev–Trinajstić information content (AvgIpc) is 1.96. The summed E-state index contributed by atoms with van der Waals surface area (Å²) >= 11 is 0. The lowest BCUT2D eigenvalue weighted by atomic mass is 10.2. The smallest absolute Gasteiger partial charge is 0.426 e. The third kappa shape index (κ3) is 6.02. The Balaban J connectivity index is 3.93. The largest absolute Gasteiger partial charge is 0.443 e. The molecule has 0 saturated heterocycles. The Kier molecular flexibility index (Phi) is 4.31. The van der Waals surface area contributed by atoms with E-state index in [2.05, 4.69) is 12.0 Å². The summed E-state index contributed by atoms with van der Waals surface area (Å²) in [4.78, 5) is 11.2. The summed E-state index contributed by atoms with van der Waals surface area (Å²) < 4.78 is 5.03. The molecule has 0 unspecified atom stereocenters. The summed E-state index contributed by atoms with van der Waals surface area (Å²) in [6.07, 6.45) is 1.07. The van der Waals surface area contributed by atoms with Gasteiger partial charge in [0.1, 0.15) is 5.60 Å². The molecule has 0 atom stereocenters. The van der Waals surface area contributed by atoms with Crippen LogP contribution in [0.25, 0.3) is 0 Å². The lowest BCUT2D eigenvalue weighted by Crippen LogP contribution is -2.41. The van der Waals surface area contributed by atoms with Crippen molar-refractivity contribution in [1.82, 2.24) is 10.4 Å². The number of hydrazine groups is 1. The van der Waals surface area contributed by atoms with Crippen molar-refractivity contribution >= 4 is 6.09 Å². The Bertz CT molecular complexity index is 185. The van der Waals surface area contributed by atoms with Gasteiger partial charge >= 0.3 is 6.09 Å². The summed E-state index contributed by atoms with van der Waals surface area (Å²) in [6.45, 7) is 11.5. The van der Waals surface area contributed by atoms with Gasteiger partial charge in [-0.15, -0.1) is 0 Å². The molecule has 0 aromatic carbocycles. The summed E-state index contributed by atoms with van der Waals surface area (Å²) in [6, 6.07) is 0. The van der Waals surface area contributed by atoms with Gasteiger partial charge in [-0.05, 0) is 27.7 Å². The number of hydrogen-bond acceptors (Lipinski definition) is 3. The van der Waals surface area contributed by atoms with Gasteiger partial charge in [0, 0.05) is 12.7 Å². The molecule has 4 heteroatoms. The van der Waals surface area contributed by atoms with Crippen LogP contribution in [0.5, 0.6) is 0 Å². The SMILES string of the molecule is C=CN(CC)NC(=O)OC(C)(C)C. The molecule has 0 aliphatic rings. The number of ether oxygens (including phenoxy) is 1. The molecule has 76 valence electrons. The van der Waals surface area contributed by atoms with Gasteiger partial charge < -0.3 is 4.74 Å². The number of carbonyl (C=O) groups excluding carboxylic acids is 1. The second-order valence-electron chi connectivity index (χ2n) is 3.58. The van der Waals surface area contributed by atoms with Crippen molar-refractivity contribution in [3.05, 3.63) is 12.8 Å². The molecule has 0 aliphatic heterocycles. The molecule has 1 N–H and O–H groups in total. The van der Waals surface area contributed by atoms with E-state index in [1.54, 1.807) is 5.01 Å². The first-order chi connectivity index (χ1) is 5.89. The molecule has 0 aromatic rings. The van der Waals surface area contributed by atoms with Crippen molar-refractivity contribution in [3.8, 4) is 0 Å². The zero-order chi connectivity index (χ0) is 10.5. The molecule has 0 radical (unpaired) electrons. The van der Waals surface area contributed by atoms with Crippen molar-refractivity contribution in [2.45, 2.75) is 33.3 Å². The fourth-order valence-corrected chi connectivity index (χ4v) is 0.672. The maximum absolute atomic E-state index is 11.2. The Morgan fingerprint density at radius 2 is 2.15 bits per heavy atom. The molecular weight excluding hydrogens is 168 g/mol. The third-order valence-corrected chi connectivity index (χ3v) is 1.19. The molecule has 0 aliphatic carbocycles. The van der Waals surface area contributed by atoms with Crippen LogP contribution in [0.15, 0.2) is 12.8 Å². The second kappa shape index (κ2) is 4.74. The van der Waals surface area contributed by atoms with E-state index in [4.69, 9.17) is 4.74 Å². The van der Waals surface area contributed by atoms with E-state index in [1.807, 2.05) is 27.7 Å². The third-order valence-electron chi connectivity index (χ3n) is 1.19. The van der Waals surface area contributed by atoms with Crippen LogP contribution in [0.2, 0.25) is 0 Å². The summed E-state index contributed by atoms with van der Waals surface area (Å²) in [5, 5.41) is 1.55. The number of nitrogens with one attached hydrogen (secondary N) is 1. The van der Waals surface area contributed by atoms with E-state index in [-0.39, 0.29) is 0 Å². The van der Waals surface area contributed by atoms with Crippen LogP contribution in [-0.2, 0) is 4.74 Å². The highest BCUT2D eigenvalue weighted by Crippen LogP contribution is 2.06. The molecule has 1 amide bonds. The molecule has 0 rings (SSSR count). The lowest BCUT2D eigenvalue weighted by Gasteiger charge is -2.23. The second-order valence-corrected chi connectivity index (χ2v) is 3.58. The number of hydrogen-bond donors (Lipinski definition) is 1. The van der Waals surface area contributed by atoms with E-state index in [0.29, 0.717) is 6.54 Å². The van der Waals surface area contributed by atoms with E-state index >= 15 is 0 Å². The molecule has 4 nitrogen and oxygen atoms in total. The Hall–Kier alpha value is -1.19. The van der Waals surface area contributed by atoms with Crippen LogP contribution in [0, 0.1) is 0 Å². The van der Waals surface area contributed by atoms with Gasteiger partial charge in [0.05, 0.1) is 0 Å². The van der Waals surface area contributed by atoms with Crippen molar-refractivity contribution in [3.63, 3.8) is 0 Å². The molecule has 0 aromatic heterocycles. The fourth-order valence-electron chi connectivity index (χ4n) is 0.672. The zero-order valence-corrected chi connectivity index (χ0v) is 8.76. The fraction of sp³-hybridized carbons (Fsp3) is 0.667. The van der Waals surface area contributed by atoms with Crippen LogP contribution < -0.4 is 5.43 Å². The van der Waals surface area contributed by atoms with E-state index in [1.165, 1.54) is 6.20 Å². The summed E-state index contributed by atoms with van der Waals surface area (Å²) in [7, 11) is 0. The minimum absolute atomic E-state index is 0.464. The molecule has 0 saturated carbocycles. The molecule has 0 heterocycles. The lowest BCUT2D eigenvalue weighted by molar-refractivity contribution is 0.0400. The van der Waals surface area contributed by atoms with Crippen LogP contribution in [0.3, 0.4) is 0 Å². The van der Waals surface area contributed by atoms with Gasteiger partial charge in [-0.1, -0.05) is 6.58 Å². The van der Waals surface area contributed by atoms with Crippen molar-refractivity contribution in [1.29, 1.82) is 0 Å². The number of amides is 1. The molecule has 0 fully saturated rings. The quantitative estimate of drug-likeness (QED) is 0.684. The van der Waals surface area contributed by atoms with Gasteiger partial charge in [0.25, 0.3) is 0 Å². The Labute approximate surface area is 79.5 Å². The maximum Gasteiger partial charge on any atom is 0.426 e. The number of rotatable bonds is 3.